The van der Waals surface area contributed by atoms with Gasteiger partial charge in [0.2, 0.25) is 0 Å². The van der Waals surface area contributed by atoms with Crippen molar-refractivity contribution in [2.24, 2.45) is 13.0 Å². The summed E-state index contributed by atoms with van der Waals surface area (Å²) in [4.78, 5) is 0. The Kier molecular flexibility index (Phi) is 3.06. The summed E-state index contributed by atoms with van der Waals surface area (Å²) >= 11 is 0. The molecule has 1 fully saturated rings. The molecule has 3 heterocycles. The van der Waals surface area contributed by atoms with Gasteiger partial charge in [0.05, 0.1) is 12.2 Å². The van der Waals surface area contributed by atoms with Gasteiger partial charge in [-0.2, -0.15) is 5.10 Å². The molecule has 0 spiro atoms. The van der Waals surface area contributed by atoms with E-state index in [0.29, 0.717) is 5.92 Å². The van der Waals surface area contributed by atoms with E-state index in [9.17, 15) is 0 Å². The van der Waals surface area contributed by atoms with Gasteiger partial charge < -0.3 is 9.88 Å². The number of nitrogens with zero attached hydrogens (tertiary/aromatic N) is 5. The first-order valence-corrected chi connectivity index (χ1v) is 7.89. The minimum Gasteiger partial charge on any atom is -0.312 e. The summed E-state index contributed by atoms with van der Waals surface area (Å²) in [5.41, 5.74) is 1.16. The molecule has 0 bridgehead atoms. The van der Waals surface area contributed by atoms with Gasteiger partial charge in [0, 0.05) is 37.8 Å². The Bertz CT molecular complexity index is 642. The summed E-state index contributed by atoms with van der Waals surface area (Å²) in [5.74, 6) is 3.55. The fourth-order valence-electron chi connectivity index (χ4n) is 3.84. The predicted molar refractivity (Wildman–Crippen MR) is 78.8 cm³/mol. The van der Waals surface area contributed by atoms with Gasteiger partial charge in [-0.25, -0.2) is 0 Å². The highest BCUT2D eigenvalue weighted by Crippen LogP contribution is 2.39. The van der Waals surface area contributed by atoms with Crippen molar-refractivity contribution >= 4 is 0 Å². The van der Waals surface area contributed by atoms with Gasteiger partial charge in [-0.3, -0.25) is 4.68 Å². The second-order valence-electron chi connectivity index (χ2n) is 6.42. The Morgan fingerprint density at radius 2 is 2.10 bits per heavy atom. The first-order chi connectivity index (χ1) is 10.2. The topological polar surface area (TPSA) is 60.6 Å². The minimum absolute atomic E-state index is 0.116. The normalized spacial score (nSPS) is 28.8. The van der Waals surface area contributed by atoms with Crippen LogP contribution >= 0.6 is 0 Å². The van der Waals surface area contributed by atoms with E-state index in [1.807, 2.05) is 17.9 Å². The Morgan fingerprint density at radius 1 is 1.24 bits per heavy atom. The van der Waals surface area contributed by atoms with E-state index >= 15 is 0 Å². The maximum absolute atomic E-state index is 4.56. The Labute approximate surface area is 124 Å². The molecule has 2 aliphatic rings. The summed E-state index contributed by atoms with van der Waals surface area (Å²) in [6.45, 7) is 4.27. The van der Waals surface area contributed by atoms with Gasteiger partial charge in [0.25, 0.3) is 0 Å². The molecule has 3 unspecified atom stereocenters. The van der Waals surface area contributed by atoms with Crippen molar-refractivity contribution < 1.29 is 0 Å². The van der Waals surface area contributed by atoms with Crippen molar-refractivity contribution in [3.8, 4) is 0 Å². The highest BCUT2D eigenvalue weighted by Gasteiger charge is 2.33. The second-order valence-corrected chi connectivity index (χ2v) is 6.42. The number of rotatable bonds is 2. The molecule has 3 atom stereocenters. The third-order valence-electron chi connectivity index (χ3n) is 5.00. The van der Waals surface area contributed by atoms with Gasteiger partial charge in [0.1, 0.15) is 5.82 Å². The van der Waals surface area contributed by atoms with Crippen LogP contribution in [-0.4, -0.2) is 31.1 Å². The van der Waals surface area contributed by atoms with Crippen molar-refractivity contribution in [2.75, 3.05) is 6.54 Å². The molecular weight excluding hydrogens is 264 g/mol. The third-order valence-corrected chi connectivity index (χ3v) is 5.00. The Morgan fingerprint density at radius 3 is 2.81 bits per heavy atom. The maximum atomic E-state index is 4.56. The summed E-state index contributed by atoms with van der Waals surface area (Å²) < 4.78 is 4.19. The van der Waals surface area contributed by atoms with Crippen molar-refractivity contribution in [3.05, 3.63) is 29.6 Å². The lowest BCUT2D eigenvalue weighted by atomic mass is 9.97. The third kappa shape index (κ3) is 2.09. The quantitative estimate of drug-likeness (QED) is 0.911. The predicted octanol–water partition coefficient (Wildman–Crippen LogP) is 1.61. The molecule has 2 aromatic rings. The lowest BCUT2D eigenvalue weighted by Crippen LogP contribution is -2.35. The van der Waals surface area contributed by atoms with Crippen LogP contribution < -0.4 is 5.32 Å². The smallest absolute Gasteiger partial charge is 0.154 e. The first kappa shape index (κ1) is 13.0. The van der Waals surface area contributed by atoms with Gasteiger partial charge >= 0.3 is 0 Å². The largest absolute Gasteiger partial charge is 0.312 e. The molecule has 0 aromatic carbocycles. The average Bonchev–Trinajstić information content (AvgIpc) is 3.17. The molecule has 1 aliphatic heterocycles. The molecule has 1 saturated carbocycles. The number of aryl methyl sites for hydroxylation is 1. The summed E-state index contributed by atoms with van der Waals surface area (Å²) in [5, 5.41) is 16.9. The molecule has 1 N–H and O–H groups in total. The van der Waals surface area contributed by atoms with Crippen molar-refractivity contribution in [1.82, 2.24) is 29.9 Å². The van der Waals surface area contributed by atoms with E-state index in [-0.39, 0.29) is 6.04 Å². The monoisotopic (exact) mass is 286 g/mol. The van der Waals surface area contributed by atoms with Gasteiger partial charge in [-0.1, -0.05) is 13.3 Å². The van der Waals surface area contributed by atoms with Gasteiger partial charge in [0.15, 0.2) is 5.82 Å². The summed E-state index contributed by atoms with van der Waals surface area (Å²) in [6.07, 6.45) is 7.86. The van der Waals surface area contributed by atoms with E-state index in [2.05, 4.69) is 38.3 Å². The molecule has 6 nitrogen and oxygen atoms in total. The Hall–Kier alpha value is -1.69. The van der Waals surface area contributed by atoms with Crippen molar-refractivity contribution in [1.29, 1.82) is 0 Å². The van der Waals surface area contributed by atoms with Crippen LogP contribution in [0.25, 0.3) is 0 Å². The van der Waals surface area contributed by atoms with E-state index in [4.69, 9.17) is 0 Å². The number of hydrogen-bond acceptors (Lipinski definition) is 4. The number of fused-ring (bicyclic) bond motifs is 1. The van der Waals surface area contributed by atoms with E-state index in [1.165, 1.54) is 25.1 Å². The average molecular weight is 286 g/mol. The molecule has 21 heavy (non-hydrogen) atoms. The maximum Gasteiger partial charge on any atom is 0.154 e. The van der Waals surface area contributed by atoms with Crippen LogP contribution in [0.4, 0.5) is 0 Å². The summed E-state index contributed by atoms with van der Waals surface area (Å²) in [7, 11) is 1.95. The highest BCUT2D eigenvalue weighted by molar-refractivity contribution is 5.22. The molecule has 1 aliphatic carbocycles. The molecular formula is C15H22N6. The van der Waals surface area contributed by atoms with Crippen LogP contribution in [0, 0.1) is 5.92 Å². The fourth-order valence-corrected chi connectivity index (χ4v) is 3.84. The fraction of sp³-hybridized carbons (Fsp3) is 0.667. The van der Waals surface area contributed by atoms with Crippen LogP contribution in [0.5, 0.6) is 0 Å². The van der Waals surface area contributed by atoms with Crippen molar-refractivity contribution in [3.63, 3.8) is 0 Å². The van der Waals surface area contributed by atoms with Crippen LogP contribution in [-0.2, 0) is 13.6 Å². The van der Waals surface area contributed by atoms with E-state index < -0.39 is 0 Å². The van der Waals surface area contributed by atoms with E-state index in [0.717, 1.165) is 30.4 Å². The standard InChI is InChI=1S/C15H22N6/c1-10-4-3-5-12(10)14-18-19-15-13(16-6-7-21(14)15)11-8-17-20(2)9-11/h8-10,12-13,16H,3-7H2,1-2H3. The van der Waals surface area contributed by atoms with Crippen molar-refractivity contribution in [2.45, 2.75) is 44.7 Å². The number of hydrogen-bond donors (Lipinski definition) is 1. The van der Waals surface area contributed by atoms with Crippen LogP contribution in [0.15, 0.2) is 12.4 Å². The zero-order valence-corrected chi connectivity index (χ0v) is 12.7. The minimum atomic E-state index is 0.116. The zero-order valence-electron chi connectivity index (χ0n) is 12.7. The zero-order chi connectivity index (χ0) is 14.4. The van der Waals surface area contributed by atoms with Crippen LogP contribution in [0.3, 0.4) is 0 Å². The van der Waals surface area contributed by atoms with Gasteiger partial charge in [-0.15, -0.1) is 10.2 Å². The summed E-state index contributed by atoms with van der Waals surface area (Å²) in [6, 6.07) is 0.116. The molecule has 0 amide bonds. The van der Waals surface area contributed by atoms with Crippen LogP contribution in [0.2, 0.25) is 0 Å². The molecule has 6 heteroatoms. The second kappa shape index (κ2) is 4.94. The first-order valence-electron chi connectivity index (χ1n) is 7.89. The highest BCUT2D eigenvalue weighted by atomic mass is 15.3. The Balaban J connectivity index is 1.71. The number of nitrogens with one attached hydrogen (secondary N) is 1. The molecule has 0 radical (unpaired) electrons. The molecule has 112 valence electrons. The molecule has 0 saturated heterocycles. The molecule has 2 aromatic heterocycles. The van der Waals surface area contributed by atoms with Gasteiger partial charge in [-0.05, 0) is 18.8 Å². The lowest BCUT2D eigenvalue weighted by Gasteiger charge is -2.26. The van der Waals surface area contributed by atoms with Crippen LogP contribution in [0.1, 0.15) is 55.4 Å². The van der Waals surface area contributed by atoms with E-state index in [1.54, 1.807) is 0 Å². The number of aromatic nitrogens is 5. The molecule has 4 rings (SSSR count). The lowest BCUT2D eigenvalue weighted by molar-refractivity contribution is 0.421. The SMILES string of the molecule is CC1CCCC1c1nnc2n1CCNC2c1cnn(C)c1.